The SMILES string of the molecule is FC1=CC(c2cncc3[nH]c(-c4[nH]nc5ncc(-c6cccnc6)cc45)nc23)CC(CN2CCCC2)=C1. The summed E-state index contributed by atoms with van der Waals surface area (Å²) in [6.07, 6.45) is 15.5. The largest absolute Gasteiger partial charge is 0.335 e. The standard InChI is InChI=1S/C28H25FN8/c29-21-9-17(16-37-6-1-2-7-37)8-19(10-21)23-14-31-15-24-25(23)34-28(33-24)26-22-11-20(13-32-27(22)36-35-26)18-4-3-5-30-12-18/h3-5,9-15,19H,1-2,6-8,16H2,(H,33,34)(H,32,35,36). The van der Waals surface area contributed by atoms with E-state index in [4.69, 9.17) is 4.98 Å². The van der Waals surface area contributed by atoms with Crippen molar-refractivity contribution in [2.45, 2.75) is 25.2 Å². The minimum absolute atomic E-state index is 0.118. The number of halogens is 1. The number of imidazole rings is 1. The van der Waals surface area contributed by atoms with Crippen LogP contribution in [0.3, 0.4) is 0 Å². The molecule has 5 aromatic heterocycles. The smallest absolute Gasteiger partial charge is 0.181 e. The van der Waals surface area contributed by atoms with Crippen LogP contribution in [0.1, 0.15) is 30.7 Å². The van der Waals surface area contributed by atoms with E-state index in [0.717, 1.165) is 70.4 Å². The molecule has 37 heavy (non-hydrogen) atoms. The fourth-order valence-electron chi connectivity index (χ4n) is 5.49. The second kappa shape index (κ2) is 9.01. The van der Waals surface area contributed by atoms with Crippen LogP contribution in [0.5, 0.6) is 0 Å². The number of H-pyrrole nitrogens is 2. The van der Waals surface area contributed by atoms with Crippen LogP contribution in [0.15, 0.2) is 72.7 Å². The number of nitrogens with one attached hydrogen (secondary N) is 2. The van der Waals surface area contributed by atoms with Gasteiger partial charge in [-0.15, -0.1) is 0 Å². The molecule has 1 fully saturated rings. The van der Waals surface area contributed by atoms with E-state index >= 15 is 0 Å². The average molecular weight is 493 g/mol. The molecule has 0 bridgehead atoms. The van der Waals surface area contributed by atoms with Gasteiger partial charge in [0, 0.05) is 53.9 Å². The highest BCUT2D eigenvalue weighted by atomic mass is 19.1. The van der Waals surface area contributed by atoms with E-state index < -0.39 is 0 Å². The van der Waals surface area contributed by atoms with Crippen LogP contribution >= 0.6 is 0 Å². The average Bonchev–Trinajstić information content (AvgIpc) is 3.67. The van der Waals surface area contributed by atoms with Crippen LogP contribution in [-0.2, 0) is 0 Å². The van der Waals surface area contributed by atoms with Crippen LogP contribution < -0.4 is 0 Å². The van der Waals surface area contributed by atoms with E-state index in [1.54, 1.807) is 30.7 Å². The molecular formula is C28H25FN8. The Balaban J connectivity index is 1.25. The van der Waals surface area contributed by atoms with E-state index in [1.165, 1.54) is 12.8 Å². The minimum atomic E-state index is -0.188. The van der Waals surface area contributed by atoms with Gasteiger partial charge in [-0.05, 0) is 56.6 Å². The van der Waals surface area contributed by atoms with Gasteiger partial charge in [-0.25, -0.2) is 14.4 Å². The van der Waals surface area contributed by atoms with Crippen molar-refractivity contribution in [1.29, 1.82) is 0 Å². The topological polar surface area (TPSA) is 99.3 Å². The zero-order valence-electron chi connectivity index (χ0n) is 20.2. The number of hydrogen-bond donors (Lipinski definition) is 2. The lowest BCUT2D eigenvalue weighted by Gasteiger charge is -2.23. The van der Waals surface area contributed by atoms with Crippen LogP contribution in [0.2, 0.25) is 0 Å². The van der Waals surface area contributed by atoms with Gasteiger partial charge in [0.2, 0.25) is 0 Å². The molecule has 0 aromatic carbocycles. The first-order chi connectivity index (χ1) is 18.2. The van der Waals surface area contributed by atoms with Crippen LogP contribution in [0.4, 0.5) is 4.39 Å². The van der Waals surface area contributed by atoms with Gasteiger partial charge in [-0.1, -0.05) is 11.6 Å². The highest BCUT2D eigenvalue weighted by molar-refractivity contribution is 5.93. The van der Waals surface area contributed by atoms with E-state index in [9.17, 15) is 4.39 Å². The number of allylic oxidation sites excluding steroid dienone is 3. The fourth-order valence-corrected chi connectivity index (χ4v) is 5.49. The van der Waals surface area contributed by atoms with Gasteiger partial charge in [-0.3, -0.25) is 20.0 Å². The Morgan fingerprint density at radius 1 is 1.05 bits per heavy atom. The molecule has 1 saturated heterocycles. The third-order valence-corrected chi connectivity index (χ3v) is 7.27. The normalized spacial score (nSPS) is 18.5. The second-order valence-electron chi connectivity index (χ2n) is 9.79. The van der Waals surface area contributed by atoms with Gasteiger partial charge in [0.15, 0.2) is 11.5 Å². The number of fused-ring (bicyclic) bond motifs is 2. The Labute approximate surface area is 212 Å². The summed E-state index contributed by atoms with van der Waals surface area (Å²) in [5, 5.41) is 8.33. The molecule has 1 aliphatic carbocycles. The maximum absolute atomic E-state index is 14.7. The molecule has 5 aromatic rings. The van der Waals surface area contributed by atoms with E-state index in [2.05, 4.69) is 35.0 Å². The highest BCUT2D eigenvalue weighted by Gasteiger charge is 2.24. The van der Waals surface area contributed by atoms with E-state index in [-0.39, 0.29) is 11.7 Å². The molecule has 2 N–H and O–H groups in total. The monoisotopic (exact) mass is 492 g/mol. The summed E-state index contributed by atoms with van der Waals surface area (Å²) in [7, 11) is 0. The van der Waals surface area contributed by atoms with Crippen molar-refractivity contribution in [3.8, 4) is 22.6 Å². The van der Waals surface area contributed by atoms with Crippen LogP contribution in [0, 0.1) is 0 Å². The lowest BCUT2D eigenvalue weighted by Crippen LogP contribution is -2.23. The number of aromatic nitrogens is 7. The third kappa shape index (κ3) is 4.11. The second-order valence-corrected chi connectivity index (χ2v) is 9.79. The molecule has 1 aliphatic heterocycles. The summed E-state index contributed by atoms with van der Waals surface area (Å²) in [5.41, 5.74) is 6.90. The summed E-state index contributed by atoms with van der Waals surface area (Å²) in [6.45, 7) is 2.99. The van der Waals surface area contributed by atoms with Crippen molar-refractivity contribution < 1.29 is 4.39 Å². The summed E-state index contributed by atoms with van der Waals surface area (Å²) in [4.78, 5) is 23.9. The van der Waals surface area contributed by atoms with Crippen LogP contribution in [0.25, 0.3) is 44.7 Å². The zero-order chi connectivity index (χ0) is 24.8. The molecule has 2 aliphatic rings. The molecule has 0 saturated carbocycles. The van der Waals surface area contributed by atoms with Gasteiger partial charge in [0.25, 0.3) is 0 Å². The first-order valence-corrected chi connectivity index (χ1v) is 12.6. The first kappa shape index (κ1) is 22.0. The maximum Gasteiger partial charge on any atom is 0.181 e. The van der Waals surface area contributed by atoms with Crippen molar-refractivity contribution in [3.05, 3.63) is 78.3 Å². The van der Waals surface area contributed by atoms with Gasteiger partial charge in [0.1, 0.15) is 11.5 Å². The Kier molecular flexibility index (Phi) is 5.35. The number of nitrogens with zero attached hydrogens (tertiary/aromatic N) is 6. The molecule has 7 rings (SSSR count). The van der Waals surface area contributed by atoms with Crippen molar-refractivity contribution >= 4 is 22.1 Å². The zero-order valence-corrected chi connectivity index (χ0v) is 20.2. The van der Waals surface area contributed by atoms with Gasteiger partial charge in [-0.2, -0.15) is 5.10 Å². The number of likely N-dealkylation sites (tertiary alicyclic amines) is 1. The number of aromatic amines is 2. The maximum atomic E-state index is 14.7. The van der Waals surface area contributed by atoms with Gasteiger partial charge < -0.3 is 4.98 Å². The summed E-state index contributed by atoms with van der Waals surface area (Å²) in [6, 6.07) is 5.94. The lowest BCUT2D eigenvalue weighted by atomic mass is 9.88. The van der Waals surface area contributed by atoms with E-state index in [0.29, 0.717) is 11.5 Å². The number of hydrogen-bond acceptors (Lipinski definition) is 6. The van der Waals surface area contributed by atoms with Gasteiger partial charge in [0.05, 0.1) is 22.6 Å². The summed E-state index contributed by atoms with van der Waals surface area (Å²) < 4.78 is 14.7. The summed E-state index contributed by atoms with van der Waals surface area (Å²) in [5.74, 6) is 0.337. The Morgan fingerprint density at radius 2 is 1.97 bits per heavy atom. The Morgan fingerprint density at radius 3 is 2.84 bits per heavy atom. The lowest BCUT2D eigenvalue weighted by molar-refractivity contribution is 0.362. The Bertz CT molecular complexity index is 1660. The number of pyridine rings is 3. The first-order valence-electron chi connectivity index (χ1n) is 12.6. The van der Waals surface area contributed by atoms with Gasteiger partial charge >= 0.3 is 0 Å². The quantitative estimate of drug-likeness (QED) is 0.344. The summed E-state index contributed by atoms with van der Waals surface area (Å²) >= 11 is 0. The molecule has 184 valence electrons. The molecule has 1 atom stereocenters. The molecule has 0 radical (unpaired) electrons. The predicted molar refractivity (Wildman–Crippen MR) is 140 cm³/mol. The molecule has 6 heterocycles. The Hall–Kier alpha value is -4.24. The van der Waals surface area contributed by atoms with Crippen LogP contribution in [-0.4, -0.2) is 59.7 Å². The molecule has 0 spiro atoms. The van der Waals surface area contributed by atoms with E-state index in [1.807, 2.05) is 30.6 Å². The van der Waals surface area contributed by atoms with Crippen molar-refractivity contribution in [3.63, 3.8) is 0 Å². The fraction of sp³-hybridized carbons (Fsp3) is 0.250. The molecule has 9 heteroatoms. The molecular weight excluding hydrogens is 467 g/mol. The van der Waals surface area contributed by atoms with Crippen molar-refractivity contribution in [2.24, 2.45) is 0 Å². The number of rotatable bonds is 5. The van der Waals surface area contributed by atoms with Crippen molar-refractivity contribution in [1.82, 2.24) is 40.0 Å². The highest BCUT2D eigenvalue weighted by Crippen LogP contribution is 2.36. The molecule has 0 amide bonds. The van der Waals surface area contributed by atoms with Crippen molar-refractivity contribution in [2.75, 3.05) is 19.6 Å². The third-order valence-electron chi connectivity index (χ3n) is 7.27. The minimum Gasteiger partial charge on any atom is -0.335 e. The molecule has 1 unspecified atom stereocenters. The molecule has 8 nitrogen and oxygen atoms in total. The predicted octanol–water partition coefficient (Wildman–Crippen LogP) is 5.32.